The largest absolute Gasteiger partial charge is 0.445 e. The number of fused-ring (bicyclic) bond motifs is 1. The summed E-state index contributed by atoms with van der Waals surface area (Å²) in [5.74, 6) is -0.307. The topological polar surface area (TPSA) is 79.8 Å². The van der Waals surface area contributed by atoms with Crippen LogP contribution in [0.1, 0.15) is 25.0 Å². The number of hydrogen-bond acceptors (Lipinski definition) is 4. The summed E-state index contributed by atoms with van der Waals surface area (Å²) in [6.07, 6.45) is -1.73. The first-order valence-corrected chi connectivity index (χ1v) is 8.50. The van der Waals surface area contributed by atoms with Crippen LogP contribution >= 0.6 is 0 Å². The summed E-state index contributed by atoms with van der Waals surface area (Å²) >= 11 is 0. The number of carbonyl (C=O) groups excluding carboxylic acids is 2. The minimum Gasteiger partial charge on any atom is -0.445 e. The molecule has 0 bridgehead atoms. The van der Waals surface area contributed by atoms with Gasteiger partial charge in [-0.2, -0.15) is 0 Å². The van der Waals surface area contributed by atoms with Gasteiger partial charge in [0.2, 0.25) is 6.17 Å². The fourth-order valence-corrected chi connectivity index (χ4v) is 2.72. The summed E-state index contributed by atoms with van der Waals surface area (Å²) in [6.45, 7) is 4.12. The molecule has 0 saturated carbocycles. The predicted octanol–water partition coefficient (Wildman–Crippen LogP) is 3.34. The van der Waals surface area contributed by atoms with Gasteiger partial charge in [0.25, 0.3) is 5.91 Å². The summed E-state index contributed by atoms with van der Waals surface area (Å²) in [7, 11) is 0. The number of alkyl carbamates (subject to hydrolysis) is 1. The zero-order valence-electron chi connectivity index (χ0n) is 14.7. The van der Waals surface area contributed by atoms with Gasteiger partial charge in [0.15, 0.2) is 0 Å². The van der Waals surface area contributed by atoms with Crippen molar-refractivity contribution in [3.05, 3.63) is 65.7 Å². The molecule has 1 aliphatic heterocycles. The third-order valence-corrected chi connectivity index (χ3v) is 3.99. The Balaban J connectivity index is 1.74. The number of ether oxygens (including phenoxy) is 1. The molecule has 2 aromatic rings. The van der Waals surface area contributed by atoms with Gasteiger partial charge in [-0.05, 0) is 17.5 Å². The second-order valence-corrected chi connectivity index (χ2v) is 6.31. The lowest BCUT2D eigenvalue weighted by atomic mass is 9.98. The molecule has 0 radical (unpaired) electrons. The first kappa shape index (κ1) is 17.7. The monoisotopic (exact) mass is 351 g/mol. The van der Waals surface area contributed by atoms with Crippen molar-refractivity contribution in [1.29, 1.82) is 0 Å². The van der Waals surface area contributed by atoms with E-state index in [-0.39, 0.29) is 12.5 Å². The SMILES string of the molecule is CC(C)C1=N[C@H](NC(=O)OCc2ccccc2)C(=O)Nc2ccccc21. The second kappa shape index (κ2) is 7.82. The molecule has 0 fully saturated rings. The Labute approximate surface area is 152 Å². The smallest absolute Gasteiger partial charge is 0.409 e. The van der Waals surface area contributed by atoms with Gasteiger partial charge in [0.05, 0.1) is 0 Å². The summed E-state index contributed by atoms with van der Waals surface area (Å²) in [5.41, 5.74) is 3.17. The lowest BCUT2D eigenvalue weighted by Gasteiger charge is -2.14. The van der Waals surface area contributed by atoms with Crippen LogP contribution in [0.25, 0.3) is 0 Å². The van der Waals surface area contributed by atoms with Gasteiger partial charge in [-0.25, -0.2) is 4.79 Å². The Bertz CT molecular complexity index is 831. The van der Waals surface area contributed by atoms with Crippen molar-refractivity contribution >= 4 is 23.4 Å². The van der Waals surface area contributed by atoms with Crippen LogP contribution in [0.2, 0.25) is 0 Å². The van der Waals surface area contributed by atoms with Gasteiger partial charge < -0.3 is 10.1 Å². The molecule has 3 rings (SSSR count). The van der Waals surface area contributed by atoms with Crippen molar-refractivity contribution in [2.24, 2.45) is 10.9 Å². The number of nitrogens with one attached hydrogen (secondary N) is 2. The minimum atomic E-state index is -1.04. The number of amides is 2. The van der Waals surface area contributed by atoms with Crippen LogP contribution in [0.5, 0.6) is 0 Å². The van der Waals surface area contributed by atoms with E-state index in [4.69, 9.17) is 4.74 Å². The van der Waals surface area contributed by atoms with Crippen molar-refractivity contribution < 1.29 is 14.3 Å². The van der Waals surface area contributed by atoms with Crippen LogP contribution in [0.15, 0.2) is 59.6 Å². The van der Waals surface area contributed by atoms with Crippen LogP contribution in [-0.2, 0) is 16.1 Å². The molecule has 1 heterocycles. The molecule has 26 heavy (non-hydrogen) atoms. The molecule has 6 heteroatoms. The highest BCUT2D eigenvalue weighted by Crippen LogP contribution is 2.23. The van der Waals surface area contributed by atoms with Gasteiger partial charge in [-0.3, -0.25) is 15.1 Å². The molecule has 0 aliphatic carbocycles. The van der Waals surface area contributed by atoms with Crippen LogP contribution in [-0.4, -0.2) is 23.9 Å². The second-order valence-electron chi connectivity index (χ2n) is 6.31. The zero-order valence-corrected chi connectivity index (χ0v) is 14.7. The van der Waals surface area contributed by atoms with Crippen molar-refractivity contribution in [2.75, 3.05) is 5.32 Å². The van der Waals surface area contributed by atoms with Crippen molar-refractivity contribution in [3.8, 4) is 0 Å². The Morgan fingerprint density at radius 3 is 2.58 bits per heavy atom. The van der Waals surface area contributed by atoms with E-state index in [1.807, 2.05) is 68.4 Å². The van der Waals surface area contributed by atoms with E-state index in [0.717, 1.165) is 16.8 Å². The number of carbonyl (C=O) groups is 2. The molecule has 2 N–H and O–H groups in total. The van der Waals surface area contributed by atoms with E-state index < -0.39 is 18.2 Å². The van der Waals surface area contributed by atoms with Crippen molar-refractivity contribution in [1.82, 2.24) is 5.32 Å². The van der Waals surface area contributed by atoms with Crippen molar-refractivity contribution in [3.63, 3.8) is 0 Å². The molecule has 1 atom stereocenters. The van der Waals surface area contributed by atoms with E-state index >= 15 is 0 Å². The fourth-order valence-electron chi connectivity index (χ4n) is 2.72. The number of hydrogen-bond donors (Lipinski definition) is 2. The average molecular weight is 351 g/mol. The summed E-state index contributed by atoms with van der Waals surface area (Å²) in [5, 5.41) is 5.35. The highest BCUT2D eigenvalue weighted by molar-refractivity contribution is 6.12. The lowest BCUT2D eigenvalue weighted by molar-refractivity contribution is -0.117. The molecule has 2 amide bonds. The molecule has 0 spiro atoms. The number of anilines is 1. The molecule has 0 unspecified atom stereocenters. The Morgan fingerprint density at radius 2 is 1.85 bits per heavy atom. The summed E-state index contributed by atoms with van der Waals surface area (Å²) in [4.78, 5) is 29.1. The zero-order chi connectivity index (χ0) is 18.5. The van der Waals surface area contributed by atoms with Crippen LogP contribution in [0.4, 0.5) is 10.5 Å². The van der Waals surface area contributed by atoms with E-state index in [1.165, 1.54) is 0 Å². The van der Waals surface area contributed by atoms with Crippen LogP contribution < -0.4 is 10.6 Å². The molecule has 0 aromatic heterocycles. The molecule has 134 valence electrons. The van der Waals surface area contributed by atoms with Gasteiger partial charge in [0.1, 0.15) is 6.61 Å². The maximum absolute atomic E-state index is 12.5. The number of para-hydroxylation sites is 1. The highest BCUT2D eigenvalue weighted by atomic mass is 16.5. The molecular formula is C20H21N3O3. The first-order chi connectivity index (χ1) is 12.5. The van der Waals surface area contributed by atoms with Gasteiger partial charge in [0, 0.05) is 17.0 Å². The number of rotatable bonds is 4. The molecule has 2 aromatic carbocycles. The fraction of sp³-hybridized carbons (Fsp3) is 0.250. The van der Waals surface area contributed by atoms with E-state index in [9.17, 15) is 9.59 Å². The van der Waals surface area contributed by atoms with E-state index in [1.54, 1.807) is 0 Å². The average Bonchev–Trinajstić information content (AvgIpc) is 2.78. The Morgan fingerprint density at radius 1 is 1.15 bits per heavy atom. The third-order valence-electron chi connectivity index (χ3n) is 3.99. The van der Waals surface area contributed by atoms with E-state index in [2.05, 4.69) is 15.6 Å². The first-order valence-electron chi connectivity index (χ1n) is 8.50. The molecule has 6 nitrogen and oxygen atoms in total. The lowest BCUT2D eigenvalue weighted by Crippen LogP contribution is -2.42. The normalized spacial score (nSPS) is 16.2. The maximum Gasteiger partial charge on any atom is 0.409 e. The van der Waals surface area contributed by atoms with Crippen molar-refractivity contribution in [2.45, 2.75) is 26.6 Å². The van der Waals surface area contributed by atoms with Gasteiger partial charge in [-0.1, -0.05) is 62.4 Å². The summed E-state index contributed by atoms with van der Waals surface area (Å²) < 4.78 is 5.19. The third kappa shape index (κ3) is 4.08. The standard InChI is InChI=1S/C20H21N3O3/c1-13(2)17-15-10-6-7-11-16(15)21-19(24)18(22-17)23-20(25)26-12-14-8-4-3-5-9-14/h3-11,13,18H,12H2,1-2H3,(H,21,24)(H,23,25)/t18-/m1/s1. The predicted molar refractivity (Wildman–Crippen MR) is 100.0 cm³/mol. The Hall–Kier alpha value is -3.15. The number of benzodiazepines with no additional fused rings is 1. The van der Waals surface area contributed by atoms with Crippen LogP contribution in [0.3, 0.4) is 0 Å². The quantitative estimate of drug-likeness (QED) is 0.887. The number of aliphatic imine (C=N–C) groups is 1. The minimum absolute atomic E-state index is 0.0912. The van der Waals surface area contributed by atoms with E-state index in [0.29, 0.717) is 5.69 Å². The highest BCUT2D eigenvalue weighted by Gasteiger charge is 2.27. The molecular weight excluding hydrogens is 330 g/mol. The Kier molecular flexibility index (Phi) is 5.31. The van der Waals surface area contributed by atoms with Gasteiger partial charge in [-0.15, -0.1) is 0 Å². The number of nitrogens with zero attached hydrogens (tertiary/aromatic N) is 1. The van der Waals surface area contributed by atoms with Crippen LogP contribution in [0, 0.1) is 5.92 Å². The molecule has 1 aliphatic rings. The summed E-state index contributed by atoms with van der Waals surface area (Å²) in [6, 6.07) is 16.8. The maximum atomic E-state index is 12.5. The number of benzene rings is 2. The van der Waals surface area contributed by atoms with Gasteiger partial charge >= 0.3 is 6.09 Å². The molecule has 0 saturated heterocycles.